The Hall–Kier alpha value is -8.74. The maximum atomic E-state index is 6.42. The van der Waals surface area contributed by atoms with Crippen molar-refractivity contribution in [3.63, 3.8) is 0 Å². The van der Waals surface area contributed by atoms with Crippen LogP contribution in [-0.4, -0.2) is 23.7 Å². The molecule has 0 amide bonds. The lowest BCUT2D eigenvalue weighted by atomic mass is 10.0. The Labute approximate surface area is 366 Å². The van der Waals surface area contributed by atoms with Gasteiger partial charge in [0.2, 0.25) is 5.95 Å². The Morgan fingerprint density at radius 3 is 1.45 bits per heavy atom. The minimum Gasteiger partial charge on any atom is -0.456 e. The minimum absolute atomic E-state index is 0.594. The number of para-hydroxylation sites is 5. The van der Waals surface area contributed by atoms with Gasteiger partial charge in [-0.05, 0) is 72.8 Å². The molecule has 9 aromatic carbocycles. The Morgan fingerprint density at radius 2 is 0.797 bits per heavy atom. The standard InChI is InChI=1S/C58H35N5O/c1-4-16-36(17-5-1)46-35-47(37-28-29-43-42-24-12-15-27-52(42)64-53(43)34-37)60-58(59-46)63-49-26-14-11-23-41(49)45-31-33-51-55(57(45)63)54-50(61(51)38-18-6-2-7-19-38)32-30-44-40-22-10-13-25-48(40)62(56(44)54)39-20-8-3-9-21-39/h1-35H. The molecule has 0 aliphatic heterocycles. The van der Waals surface area contributed by atoms with Crippen LogP contribution in [0.2, 0.25) is 0 Å². The first kappa shape index (κ1) is 34.9. The molecule has 5 heterocycles. The third-order valence-electron chi connectivity index (χ3n) is 13.0. The van der Waals surface area contributed by atoms with Gasteiger partial charge in [0.05, 0.1) is 44.5 Å². The molecule has 14 aromatic rings. The molecule has 0 saturated heterocycles. The lowest BCUT2D eigenvalue weighted by Gasteiger charge is -2.13. The summed E-state index contributed by atoms with van der Waals surface area (Å²) in [5.74, 6) is 0.594. The maximum Gasteiger partial charge on any atom is 0.235 e. The van der Waals surface area contributed by atoms with Gasteiger partial charge in [-0.1, -0.05) is 140 Å². The number of rotatable bonds is 5. The molecular formula is C58H35N5O. The molecule has 5 aromatic heterocycles. The van der Waals surface area contributed by atoms with Gasteiger partial charge in [-0.2, -0.15) is 0 Å². The van der Waals surface area contributed by atoms with Gasteiger partial charge in [0.1, 0.15) is 11.2 Å². The van der Waals surface area contributed by atoms with Crippen LogP contribution in [-0.2, 0) is 0 Å². The molecule has 0 aliphatic rings. The van der Waals surface area contributed by atoms with Crippen molar-refractivity contribution in [3.05, 3.63) is 212 Å². The van der Waals surface area contributed by atoms with Gasteiger partial charge in [-0.25, -0.2) is 9.97 Å². The fourth-order valence-electron chi connectivity index (χ4n) is 10.3. The molecule has 6 heteroatoms. The van der Waals surface area contributed by atoms with E-state index < -0.39 is 0 Å². The fraction of sp³-hybridized carbons (Fsp3) is 0. The summed E-state index contributed by atoms with van der Waals surface area (Å²) in [6.07, 6.45) is 0. The van der Waals surface area contributed by atoms with Gasteiger partial charge >= 0.3 is 0 Å². The highest BCUT2D eigenvalue weighted by atomic mass is 16.3. The highest BCUT2D eigenvalue weighted by molar-refractivity contribution is 6.33. The van der Waals surface area contributed by atoms with Crippen LogP contribution in [0, 0.1) is 0 Å². The zero-order chi connectivity index (χ0) is 41.9. The van der Waals surface area contributed by atoms with Crippen molar-refractivity contribution < 1.29 is 4.42 Å². The quantitative estimate of drug-likeness (QED) is 0.174. The van der Waals surface area contributed by atoms with Crippen LogP contribution in [0.1, 0.15) is 0 Å². The Morgan fingerprint density at radius 1 is 0.312 bits per heavy atom. The molecule has 0 aliphatic carbocycles. The number of hydrogen-bond acceptors (Lipinski definition) is 3. The Kier molecular flexibility index (Phi) is 7.30. The van der Waals surface area contributed by atoms with Gasteiger partial charge in [-0.15, -0.1) is 0 Å². The maximum absolute atomic E-state index is 6.42. The molecule has 14 rings (SSSR count). The van der Waals surface area contributed by atoms with E-state index in [-0.39, 0.29) is 0 Å². The molecule has 0 spiro atoms. The van der Waals surface area contributed by atoms with Gasteiger partial charge in [-0.3, -0.25) is 4.57 Å². The zero-order valence-corrected chi connectivity index (χ0v) is 34.4. The van der Waals surface area contributed by atoms with Gasteiger partial charge in [0, 0.05) is 65.6 Å². The molecule has 0 unspecified atom stereocenters. The van der Waals surface area contributed by atoms with E-state index in [0.717, 1.165) is 105 Å². The summed E-state index contributed by atoms with van der Waals surface area (Å²) >= 11 is 0. The monoisotopic (exact) mass is 817 g/mol. The molecule has 0 bridgehead atoms. The third-order valence-corrected chi connectivity index (χ3v) is 13.0. The van der Waals surface area contributed by atoms with Crippen LogP contribution in [0.5, 0.6) is 0 Å². The molecule has 6 nitrogen and oxygen atoms in total. The van der Waals surface area contributed by atoms with Crippen molar-refractivity contribution >= 4 is 87.4 Å². The van der Waals surface area contributed by atoms with Crippen molar-refractivity contribution in [2.75, 3.05) is 0 Å². The summed E-state index contributed by atoms with van der Waals surface area (Å²) in [4.78, 5) is 11.0. The number of nitrogens with zero attached hydrogens (tertiary/aromatic N) is 5. The summed E-state index contributed by atoms with van der Waals surface area (Å²) in [6.45, 7) is 0. The first-order valence-electron chi connectivity index (χ1n) is 21.7. The summed E-state index contributed by atoms with van der Waals surface area (Å²) in [7, 11) is 0. The number of furan rings is 1. The van der Waals surface area contributed by atoms with Crippen molar-refractivity contribution in [2.24, 2.45) is 0 Å². The summed E-state index contributed by atoms with van der Waals surface area (Å²) in [5, 5.41) is 9.16. The van der Waals surface area contributed by atoms with Crippen LogP contribution in [0.15, 0.2) is 217 Å². The predicted octanol–water partition coefficient (Wildman–Crippen LogP) is 15.0. The molecule has 0 saturated carbocycles. The SMILES string of the molecule is c1ccc(-c2cc(-c3ccc4c(c3)oc3ccccc34)nc(-n3c4ccccc4c4ccc5c(c6c(ccc7c8ccccc8n(-c8ccccc8)c76)n5-c5ccccc5)c43)n2)cc1. The molecule has 298 valence electrons. The average Bonchev–Trinajstić information content (AvgIpc) is 4.10. The molecular weight excluding hydrogens is 783 g/mol. The van der Waals surface area contributed by atoms with Crippen LogP contribution in [0.3, 0.4) is 0 Å². The van der Waals surface area contributed by atoms with Gasteiger partial charge < -0.3 is 13.6 Å². The van der Waals surface area contributed by atoms with E-state index >= 15 is 0 Å². The van der Waals surface area contributed by atoms with E-state index in [1.165, 1.54) is 16.2 Å². The lowest BCUT2D eigenvalue weighted by molar-refractivity contribution is 0.669. The smallest absolute Gasteiger partial charge is 0.235 e. The number of aromatic nitrogens is 5. The fourth-order valence-corrected chi connectivity index (χ4v) is 10.3. The first-order valence-corrected chi connectivity index (χ1v) is 21.7. The normalized spacial score (nSPS) is 12.1. The molecule has 64 heavy (non-hydrogen) atoms. The summed E-state index contributed by atoms with van der Waals surface area (Å²) in [5.41, 5.74) is 14.1. The Balaban J connectivity index is 1.17. The molecule has 0 N–H and O–H groups in total. The number of benzene rings is 9. The van der Waals surface area contributed by atoms with E-state index in [9.17, 15) is 0 Å². The van der Waals surface area contributed by atoms with E-state index in [1.54, 1.807) is 0 Å². The second kappa shape index (κ2) is 13.4. The lowest BCUT2D eigenvalue weighted by Crippen LogP contribution is -2.04. The summed E-state index contributed by atoms with van der Waals surface area (Å²) < 4.78 is 13.6. The molecule has 0 fully saturated rings. The topological polar surface area (TPSA) is 53.7 Å². The third kappa shape index (κ3) is 4.96. The summed E-state index contributed by atoms with van der Waals surface area (Å²) in [6, 6.07) is 75.3. The first-order chi connectivity index (χ1) is 31.8. The van der Waals surface area contributed by atoms with E-state index in [1.807, 2.05) is 18.2 Å². The van der Waals surface area contributed by atoms with Crippen LogP contribution in [0.4, 0.5) is 0 Å². The Bertz CT molecular complexity index is 4180. The highest BCUT2D eigenvalue weighted by Gasteiger charge is 2.26. The average molecular weight is 818 g/mol. The van der Waals surface area contributed by atoms with Crippen molar-refractivity contribution in [2.45, 2.75) is 0 Å². The van der Waals surface area contributed by atoms with Crippen LogP contribution in [0.25, 0.3) is 127 Å². The highest BCUT2D eigenvalue weighted by Crippen LogP contribution is 2.46. The predicted molar refractivity (Wildman–Crippen MR) is 263 cm³/mol. The van der Waals surface area contributed by atoms with E-state index in [2.05, 4.69) is 208 Å². The van der Waals surface area contributed by atoms with Crippen molar-refractivity contribution in [3.8, 4) is 39.8 Å². The number of hydrogen-bond donors (Lipinski definition) is 0. The van der Waals surface area contributed by atoms with E-state index in [0.29, 0.717) is 5.95 Å². The van der Waals surface area contributed by atoms with Gasteiger partial charge in [0.25, 0.3) is 0 Å². The number of fused-ring (bicyclic) bond motifs is 14. The molecule has 0 radical (unpaired) electrons. The van der Waals surface area contributed by atoms with Gasteiger partial charge in [0.15, 0.2) is 0 Å². The largest absolute Gasteiger partial charge is 0.456 e. The second-order valence-electron chi connectivity index (χ2n) is 16.5. The van der Waals surface area contributed by atoms with E-state index in [4.69, 9.17) is 14.4 Å². The minimum atomic E-state index is 0.594. The zero-order valence-electron chi connectivity index (χ0n) is 34.4. The second-order valence-corrected chi connectivity index (χ2v) is 16.5. The van der Waals surface area contributed by atoms with Crippen LogP contribution < -0.4 is 0 Å². The van der Waals surface area contributed by atoms with Crippen molar-refractivity contribution in [1.82, 2.24) is 23.7 Å². The molecule has 0 atom stereocenters. The van der Waals surface area contributed by atoms with Crippen LogP contribution >= 0.6 is 0 Å². The van der Waals surface area contributed by atoms with Crippen molar-refractivity contribution in [1.29, 1.82) is 0 Å².